The van der Waals surface area contributed by atoms with E-state index in [-0.39, 0.29) is 0 Å². The first-order chi connectivity index (χ1) is 11.3. The van der Waals surface area contributed by atoms with Crippen molar-refractivity contribution in [3.05, 3.63) is 47.2 Å². The Balaban J connectivity index is 2.21. The van der Waals surface area contributed by atoms with Gasteiger partial charge in [0.2, 0.25) is 0 Å². The molecule has 0 atom stereocenters. The molecular weight excluding hydrogens is 288 g/mol. The average molecular weight is 304 g/mol. The Morgan fingerprint density at radius 2 is 1.70 bits per heavy atom. The number of benzene rings is 1. The zero-order chi connectivity index (χ0) is 16.2. The quantitative estimate of drug-likeness (QED) is 0.852. The van der Waals surface area contributed by atoms with Gasteiger partial charge in [0.1, 0.15) is 23.5 Å². The highest BCUT2D eigenvalue weighted by Gasteiger charge is 2.23. The van der Waals surface area contributed by atoms with Crippen LogP contribution in [0.1, 0.15) is 16.8 Å². The van der Waals surface area contributed by atoms with Gasteiger partial charge < -0.3 is 9.64 Å². The molecule has 5 nitrogen and oxygen atoms in total. The Kier molecular flexibility index (Phi) is 4.23. The van der Waals surface area contributed by atoms with Crippen LogP contribution in [-0.2, 0) is 4.74 Å². The molecule has 5 heteroatoms. The molecule has 0 unspecified atom stereocenters. The number of nitriles is 2. The van der Waals surface area contributed by atoms with Crippen molar-refractivity contribution in [1.82, 2.24) is 4.98 Å². The van der Waals surface area contributed by atoms with Gasteiger partial charge in [0.05, 0.1) is 18.8 Å². The van der Waals surface area contributed by atoms with Gasteiger partial charge in [-0.15, -0.1) is 0 Å². The molecule has 0 aliphatic carbocycles. The van der Waals surface area contributed by atoms with E-state index in [2.05, 4.69) is 17.1 Å². The molecule has 0 spiro atoms. The Morgan fingerprint density at radius 1 is 1.04 bits per heavy atom. The lowest BCUT2D eigenvalue weighted by atomic mass is 9.95. The number of hydrogen-bond donors (Lipinski definition) is 0. The molecule has 3 rings (SSSR count). The highest BCUT2D eigenvalue weighted by molar-refractivity contribution is 5.79. The third kappa shape index (κ3) is 2.75. The van der Waals surface area contributed by atoms with Crippen LogP contribution in [0, 0.1) is 29.6 Å². The summed E-state index contributed by atoms with van der Waals surface area (Å²) in [6.07, 6.45) is 0. The third-order valence-electron chi connectivity index (χ3n) is 3.96. The number of ether oxygens (including phenoxy) is 1. The SMILES string of the molecule is Cc1nc(N2CCOCC2)c(C#N)c(C#N)c1-c1ccccc1. The van der Waals surface area contributed by atoms with E-state index in [0.29, 0.717) is 43.2 Å². The molecule has 2 aromatic rings. The third-order valence-corrected chi connectivity index (χ3v) is 3.96. The summed E-state index contributed by atoms with van der Waals surface area (Å²) in [5, 5.41) is 19.3. The fourth-order valence-corrected chi connectivity index (χ4v) is 2.87. The van der Waals surface area contributed by atoms with Gasteiger partial charge in [-0.2, -0.15) is 10.5 Å². The number of anilines is 1. The smallest absolute Gasteiger partial charge is 0.148 e. The molecule has 0 radical (unpaired) electrons. The summed E-state index contributed by atoms with van der Waals surface area (Å²) in [5.41, 5.74) is 3.14. The van der Waals surface area contributed by atoms with Crippen molar-refractivity contribution in [3.63, 3.8) is 0 Å². The number of aromatic nitrogens is 1. The van der Waals surface area contributed by atoms with Crippen LogP contribution in [0.4, 0.5) is 5.82 Å². The maximum atomic E-state index is 9.67. The molecule has 23 heavy (non-hydrogen) atoms. The molecule has 1 fully saturated rings. The van der Waals surface area contributed by atoms with Crippen molar-refractivity contribution >= 4 is 5.82 Å². The van der Waals surface area contributed by atoms with Crippen LogP contribution in [0.5, 0.6) is 0 Å². The fraction of sp³-hybridized carbons (Fsp3) is 0.278. The lowest BCUT2D eigenvalue weighted by molar-refractivity contribution is 0.122. The van der Waals surface area contributed by atoms with Crippen molar-refractivity contribution < 1.29 is 4.74 Å². The minimum atomic E-state index is 0.346. The molecule has 2 heterocycles. The first-order valence-electron chi connectivity index (χ1n) is 7.49. The van der Waals surface area contributed by atoms with Gasteiger partial charge in [-0.3, -0.25) is 0 Å². The number of hydrogen-bond acceptors (Lipinski definition) is 5. The summed E-state index contributed by atoms with van der Waals surface area (Å²) < 4.78 is 5.36. The second kappa shape index (κ2) is 6.48. The van der Waals surface area contributed by atoms with Crippen LogP contribution >= 0.6 is 0 Å². The predicted molar refractivity (Wildman–Crippen MR) is 86.9 cm³/mol. The van der Waals surface area contributed by atoms with Crippen LogP contribution < -0.4 is 4.90 Å². The number of rotatable bonds is 2. The molecule has 0 amide bonds. The number of pyridine rings is 1. The maximum Gasteiger partial charge on any atom is 0.148 e. The monoisotopic (exact) mass is 304 g/mol. The Bertz CT molecular complexity index is 796. The first kappa shape index (κ1) is 15.0. The summed E-state index contributed by atoms with van der Waals surface area (Å²) in [6.45, 7) is 4.45. The van der Waals surface area contributed by atoms with E-state index in [0.717, 1.165) is 16.8 Å². The number of nitrogens with zero attached hydrogens (tertiary/aromatic N) is 4. The Hall–Kier alpha value is -2.89. The van der Waals surface area contributed by atoms with E-state index < -0.39 is 0 Å². The zero-order valence-electron chi connectivity index (χ0n) is 12.9. The van der Waals surface area contributed by atoms with Gasteiger partial charge in [0.15, 0.2) is 0 Å². The van der Waals surface area contributed by atoms with Crippen molar-refractivity contribution in [2.45, 2.75) is 6.92 Å². The van der Waals surface area contributed by atoms with Gasteiger partial charge in [0.25, 0.3) is 0 Å². The van der Waals surface area contributed by atoms with Crippen molar-refractivity contribution in [3.8, 4) is 23.3 Å². The fourth-order valence-electron chi connectivity index (χ4n) is 2.87. The van der Waals surface area contributed by atoms with Gasteiger partial charge in [0, 0.05) is 24.3 Å². The van der Waals surface area contributed by atoms with E-state index in [1.54, 1.807) is 0 Å². The molecule has 0 N–H and O–H groups in total. The second-order valence-electron chi connectivity index (χ2n) is 5.33. The maximum absolute atomic E-state index is 9.67. The highest BCUT2D eigenvalue weighted by Crippen LogP contribution is 2.33. The standard InChI is InChI=1S/C18H16N4O/c1-13-17(14-5-3-2-4-6-14)15(11-19)16(12-20)18(21-13)22-7-9-23-10-8-22/h2-6H,7-10H2,1H3. The normalized spacial score (nSPS) is 14.1. The van der Waals surface area contributed by atoms with Crippen molar-refractivity contribution in [1.29, 1.82) is 10.5 Å². The molecule has 0 saturated carbocycles. The lowest BCUT2D eigenvalue weighted by Crippen LogP contribution is -2.37. The Labute approximate surface area is 135 Å². The zero-order valence-corrected chi connectivity index (χ0v) is 12.9. The largest absolute Gasteiger partial charge is 0.378 e. The van der Waals surface area contributed by atoms with Crippen LogP contribution in [0.3, 0.4) is 0 Å². The van der Waals surface area contributed by atoms with E-state index in [1.807, 2.05) is 42.2 Å². The molecule has 1 aromatic carbocycles. The van der Waals surface area contributed by atoms with Gasteiger partial charge in [-0.1, -0.05) is 30.3 Å². The van der Waals surface area contributed by atoms with Crippen LogP contribution in [0.2, 0.25) is 0 Å². The minimum absolute atomic E-state index is 0.346. The van der Waals surface area contributed by atoms with Crippen LogP contribution in [0.15, 0.2) is 30.3 Å². The summed E-state index contributed by atoms with van der Waals surface area (Å²) in [7, 11) is 0. The molecule has 1 aromatic heterocycles. The minimum Gasteiger partial charge on any atom is -0.378 e. The number of aryl methyl sites for hydroxylation is 1. The van der Waals surface area contributed by atoms with Crippen LogP contribution in [0.25, 0.3) is 11.1 Å². The summed E-state index contributed by atoms with van der Waals surface area (Å²) in [4.78, 5) is 6.67. The second-order valence-corrected chi connectivity index (χ2v) is 5.33. The van der Waals surface area contributed by atoms with Crippen molar-refractivity contribution in [2.24, 2.45) is 0 Å². The van der Waals surface area contributed by atoms with E-state index >= 15 is 0 Å². The average Bonchev–Trinajstić information content (AvgIpc) is 2.62. The molecule has 1 aliphatic rings. The van der Waals surface area contributed by atoms with Gasteiger partial charge in [-0.05, 0) is 12.5 Å². The van der Waals surface area contributed by atoms with E-state index in [1.165, 1.54) is 0 Å². The summed E-state index contributed by atoms with van der Waals surface area (Å²) in [6, 6.07) is 14.0. The topological polar surface area (TPSA) is 72.9 Å². The lowest BCUT2D eigenvalue weighted by Gasteiger charge is -2.29. The summed E-state index contributed by atoms with van der Waals surface area (Å²) in [5.74, 6) is 0.588. The molecule has 0 bridgehead atoms. The van der Waals surface area contributed by atoms with E-state index in [9.17, 15) is 10.5 Å². The molecule has 1 saturated heterocycles. The first-order valence-corrected chi connectivity index (χ1v) is 7.49. The van der Waals surface area contributed by atoms with Gasteiger partial charge >= 0.3 is 0 Å². The summed E-state index contributed by atoms with van der Waals surface area (Å²) >= 11 is 0. The Morgan fingerprint density at radius 3 is 2.30 bits per heavy atom. The van der Waals surface area contributed by atoms with E-state index in [4.69, 9.17) is 4.74 Å². The van der Waals surface area contributed by atoms with Crippen LogP contribution in [-0.4, -0.2) is 31.3 Å². The predicted octanol–water partition coefficient (Wildman–Crippen LogP) is 2.64. The molecule has 114 valence electrons. The van der Waals surface area contributed by atoms with Crippen molar-refractivity contribution in [2.75, 3.05) is 31.2 Å². The number of morpholine rings is 1. The van der Waals surface area contributed by atoms with Gasteiger partial charge in [-0.25, -0.2) is 4.98 Å². The highest BCUT2D eigenvalue weighted by atomic mass is 16.5. The molecular formula is C18H16N4O. The molecule has 1 aliphatic heterocycles.